The minimum absolute atomic E-state index is 0. The third-order valence-corrected chi connectivity index (χ3v) is 3.04. The summed E-state index contributed by atoms with van der Waals surface area (Å²) in [5.74, 6) is 1.28. The molecule has 0 amide bonds. The highest BCUT2D eigenvalue weighted by molar-refractivity contribution is 9.10. The van der Waals surface area contributed by atoms with E-state index < -0.39 is 6.17 Å². The summed E-state index contributed by atoms with van der Waals surface area (Å²) < 4.78 is 24.0. The fourth-order valence-corrected chi connectivity index (χ4v) is 2.10. The first-order valence-electron chi connectivity index (χ1n) is 5.19. The Labute approximate surface area is 117 Å². The standard InChI is InChI=1S/C10H9BrFN3O2.ClH/c11-8-2-1-7(16-8)9-14-10(17-15-9)6-3-5(12)4-13-6;/h1-2,5-6,13H,3-4H2;1H/t5-,6+;/m0./s1. The predicted molar refractivity (Wildman–Crippen MR) is 67.2 cm³/mol. The van der Waals surface area contributed by atoms with Gasteiger partial charge in [-0.05, 0) is 28.1 Å². The molecule has 1 aliphatic heterocycles. The minimum atomic E-state index is -0.854. The highest BCUT2D eigenvalue weighted by Crippen LogP contribution is 2.27. The van der Waals surface area contributed by atoms with Gasteiger partial charge >= 0.3 is 0 Å². The van der Waals surface area contributed by atoms with Crippen molar-refractivity contribution in [3.63, 3.8) is 0 Å². The van der Waals surface area contributed by atoms with Gasteiger partial charge in [0.1, 0.15) is 6.17 Å². The molecule has 0 unspecified atom stereocenters. The van der Waals surface area contributed by atoms with E-state index in [1.165, 1.54) is 0 Å². The van der Waals surface area contributed by atoms with Crippen molar-refractivity contribution < 1.29 is 13.3 Å². The topological polar surface area (TPSA) is 64.1 Å². The maximum Gasteiger partial charge on any atom is 0.244 e. The molecule has 2 atom stereocenters. The van der Waals surface area contributed by atoms with E-state index in [-0.39, 0.29) is 18.4 Å². The van der Waals surface area contributed by atoms with Crippen LogP contribution in [-0.4, -0.2) is 22.9 Å². The first-order chi connectivity index (χ1) is 8.22. The zero-order valence-corrected chi connectivity index (χ0v) is 11.5. The van der Waals surface area contributed by atoms with Gasteiger partial charge in [0, 0.05) is 13.0 Å². The summed E-state index contributed by atoms with van der Waals surface area (Å²) in [6.45, 7) is 0.328. The molecular weight excluding hydrogens is 328 g/mol. The molecule has 0 radical (unpaired) electrons. The van der Waals surface area contributed by atoms with E-state index in [0.29, 0.717) is 35.1 Å². The number of nitrogens with zero attached hydrogens (tertiary/aromatic N) is 2. The summed E-state index contributed by atoms with van der Waals surface area (Å²) in [6.07, 6.45) is -0.489. The zero-order chi connectivity index (χ0) is 11.8. The van der Waals surface area contributed by atoms with Crippen LogP contribution in [0.25, 0.3) is 11.6 Å². The fraction of sp³-hybridized carbons (Fsp3) is 0.400. The third kappa shape index (κ3) is 2.57. The van der Waals surface area contributed by atoms with Crippen molar-refractivity contribution in [2.24, 2.45) is 0 Å². The second-order valence-electron chi connectivity index (χ2n) is 3.85. The molecule has 2 aromatic heterocycles. The number of furan rings is 1. The first kappa shape index (κ1) is 13.5. The lowest BCUT2D eigenvalue weighted by atomic mass is 10.2. The molecule has 1 aliphatic rings. The lowest BCUT2D eigenvalue weighted by Gasteiger charge is -2.00. The van der Waals surface area contributed by atoms with Crippen LogP contribution in [0, 0.1) is 0 Å². The van der Waals surface area contributed by atoms with Crippen LogP contribution in [0.1, 0.15) is 18.4 Å². The van der Waals surface area contributed by atoms with E-state index in [2.05, 4.69) is 31.4 Å². The number of nitrogens with one attached hydrogen (secondary N) is 1. The predicted octanol–water partition coefficient (Wildman–Crippen LogP) is 2.89. The van der Waals surface area contributed by atoms with Crippen molar-refractivity contribution in [2.75, 3.05) is 6.54 Å². The quantitative estimate of drug-likeness (QED) is 0.912. The van der Waals surface area contributed by atoms with Gasteiger partial charge in [0.15, 0.2) is 10.4 Å². The summed E-state index contributed by atoms with van der Waals surface area (Å²) in [4.78, 5) is 4.19. The summed E-state index contributed by atoms with van der Waals surface area (Å²) in [7, 11) is 0. The molecule has 0 spiro atoms. The second-order valence-corrected chi connectivity index (χ2v) is 4.64. The number of hydrogen-bond acceptors (Lipinski definition) is 5. The molecule has 0 saturated carbocycles. The average Bonchev–Trinajstić information content (AvgIpc) is 2.96. The van der Waals surface area contributed by atoms with Crippen LogP contribution in [0.3, 0.4) is 0 Å². The maximum absolute atomic E-state index is 13.0. The van der Waals surface area contributed by atoms with Gasteiger partial charge < -0.3 is 14.3 Å². The van der Waals surface area contributed by atoms with Crippen LogP contribution in [0.5, 0.6) is 0 Å². The van der Waals surface area contributed by atoms with Crippen molar-refractivity contribution in [1.82, 2.24) is 15.5 Å². The van der Waals surface area contributed by atoms with Gasteiger partial charge in [-0.1, -0.05) is 5.16 Å². The molecule has 2 aromatic rings. The molecule has 1 saturated heterocycles. The van der Waals surface area contributed by atoms with Gasteiger partial charge in [-0.2, -0.15) is 4.98 Å². The Morgan fingerprint density at radius 3 is 2.89 bits per heavy atom. The molecule has 5 nitrogen and oxygen atoms in total. The van der Waals surface area contributed by atoms with Crippen LogP contribution in [0.15, 0.2) is 25.7 Å². The van der Waals surface area contributed by atoms with E-state index in [1.807, 2.05) is 0 Å². The van der Waals surface area contributed by atoms with Crippen molar-refractivity contribution in [2.45, 2.75) is 18.6 Å². The number of halogens is 3. The SMILES string of the molecule is Cl.F[C@@H]1CN[C@@H](c2nc(-c3ccc(Br)o3)no2)C1. The van der Waals surface area contributed by atoms with E-state index in [0.717, 1.165) is 0 Å². The van der Waals surface area contributed by atoms with Crippen LogP contribution in [0.4, 0.5) is 4.39 Å². The Kier molecular flexibility index (Phi) is 4.04. The van der Waals surface area contributed by atoms with Gasteiger partial charge in [-0.15, -0.1) is 12.4 Å². The Bertz CT molecular complexity index is 533. The summed E-state index contributed by atoms with van der Waals surface area (Å²) in [6, 6.07) is 3.28. The molecule has 0 aromatic carbocycles. The molecule has 8 heteroatoms. The molecule has 1 N–H and O–H groups in total. The van der Waals surface area contributed by atoms with E-state index >= 15 is 0 Å². The van der Waals surface area contributed by atoms with Crippen LogP contribution in [-0.2, 0) is 0 Å². The highest BCUT2D eigenvalue weighted by atomic mass is 79.9. The Balaban J connectivity index is 0.00000120. The first-order valence-corrected chi connectivity index (χ1v) is 5.98. The van der Waals surface area contributed by atoms with E-state index in [9.17, 15) is 4.39 Å². The molecule has 1 fully saturated rings. The number of aromatic nitrogens is 2. The summed E-state index contributed by atoms with van der Waals surface area (Å²) in [5.41, 5.74) is 0. The Morgan fingerprint density at radius 1 is 1.44 bits per heavy atom. The van der Waals surface area contributed by atoms with Gasteiger partial charge in [0.25, 0.3) is 0 Å². The Hall–Kier alpha value is -0.920. The van der Waals surface area contributed by atoms with Crippen LogP contribution >= 0.6 is 28.3 Å². The molecule has 3 heterocycles. The van der Waals surface area contributed by atoms with Gasteiger partial charge in [-0.25, -0.2) is 4.39 Å². The normalized spacial score (nSPS) is 23.0. The summed E-state index contributed by atoms with van der Waals surface area (Å²) >= 11 is 3.20. The Morgan fingerprint density at radius 2 is 2.28 bits per heavy atom. The largest absolute Gasteiger partial charge is 0.446 e. The van der Waals surface area contributed by atoms with Crippen LogP contribution in [0.2, 0.25) is 0 Å². The van der Waals surface area contributed by atoms with Crippen molar-refractivity contribution in [3.05, 3.63) is 22.7 Å². The van der Waals surface area contributed by atoms with E-state index in [4.69, 9.17) is 8.94 Å². The van der Waals surface area contributed by atoms with E-state index in [1.54, 1.807) is 12.1 Å². The molecule has 98 valence electrons. The maximum atomic E-state index is 13.0. The second kappa shape index (κ2) is 5.38. The van der Waals surface area contributed by atoms with Crippen molar-refractivity contribution in [3.8, 4) is 11.6 Å². The average molecular weight is 339 g/mol. The number of alkyl halides is 1. The highest BCUT2D eigenvalue weighted by Gasteiger charge is 2.29. The molecule has 0 bridgehead atoms. The van der Waals surface area contributed by atoms with Crippen LogP contribution < -0.4 is 5.32 Å². The van der Waals surface area contributed by atoms with Gasteiger partial charge in [-0.3, -0.25) is 0 Å². The van der Waals surface area contributed by atoms with Gasteiger partial charge in [0.2, 0.25) is 11.7 Å². The molecular formula is C10H10BrClFN3O2. The lowest BCUT2D eigenvalue weighted by molar-refractivity contribution is 0.324. The molecule has 0 aliphatic carbocycles. The monoisotopic (exact) mass is 337 g/mol. The molecule has 18 heavy (non-hydrogen) atoms. The smallest absolute Gasteiger partial charge is 0.244 e. The lowest BCUT2D eigenvalue weighted by Crippen LogP contribution is -2.14. The number of rotatable bonds is 2. The van der Waals surface area contributed by atoms with Crippen molar-refractivity contribution >= 4 is 28.3 Å². The van der Waals surface area contributed by atoms with Crippen molar-refractivity contribution in [1.29, 1.82) is 0 Å². The number of hydrogen-bond donors (Lipinski definition) is 1. The zero-order valence-electron chi connectivity index (χ0n) is 9.10. The molecule has 3 rings (SSSR count). The third-order valence-electron chi connectivity index (χ3n) is 2.61. The minimum Gasteiger partial charge on any atom is -0.446 e. The fourth-order valence-electron chi connectivity index (χ4n) is 1.79. The van der Waals surface area contributed by atoms with Gasteiger partial charge in [0.05, 0.1) is 6.04 Å². The summed E-state index contributed by atoms with van der Waals surface area (Å²) in [5, 5.41) is 6.79.